The van der Waals surface area contributed by atoms with Crippen molar-refractivity contribution in [3.63, 3.8) is 0 Å². The number of carbonyl (C=O) groups is 1. The van der Waals surface area contributed by atoms with Gasteiger partial charge in [-0.05, 0) is 75.5 Å². The zero-order valence-corrected chi connectivity index (χ0v) is 25.6. The van der Waals surface area contributed by atoms with Crippen LogP contribution in [0, 0.1) is 17.3 Å². The van der Waals surface area contributed by atoms with Crippen molar-refractivity contribution in [2.75, 3.05) is 20.3 Å². The smallest absolute Gasteiger partial charge is 0.305 e. The Morgan fingerprint density at radius 2 is 1.77 bits per heavy atom. The van der Waals surface area contributed by atoms with Gasteiger partial charge in [-0.15, -0.1) is 0 Å². The minimum absolute atomic E-state index is 0.0393. The Balaban J connectivity index is 1.74. The number of esters is 1. The Morgan fingerprint density at radius 1 is 1.05 bits per heavy atom. The predicted molar refractivity (Wildman–Crippen MR) is 157 cm³/mol. The number of rotatable bonds is 16. The van der Waals surface area contributed by atoms with Crippen molar-refractivity contribution in [3.05, 3.63) is 24.3 Å². The van der Waals surface area contributed by atoms with E-state index in [0.717, 1.165) is 90.3 Å². The number of carbonyl (C=O) groups excluding carboxylic acids is 1. The summed E-state index contributed by atoms with van der Waals surface area (Å²) in [5, 5.41) is 11.2. The van der Waals surface area contributed by atoms with Gasteiger partial charge in [-0.25, -0.2) is 0 Å². The molecular weight excluding hydrogens is 508 g/mol. The SMILES string of the molecule is CCCCC(C)(C)[C@@H](C=C[C@@H]1[C@@H](CC=CCCCC(=O)OC)[C@@H](O)C[C@H]1OC1CCCCO1)OC1CCCCO1. The summed E-state index contributed by atoms with van der Waals surface area (Å²) < 4.78 is 29.8. The maximum absolute atomic E-state index is 11.4. The first-order chi connectivity index (χ1) is 19.3. The van der Waals surface area contributed by atoms with Gasteiger partial charge in [-0.3, -0.25) is 4.79 Å². The topological polar surface area (TPSA) is 83.5 Å². The molecule has 7 nitrogen and oxygen atoms in total. The molecule has 230 valence electrons. The summed E-state index contributed by atoms with van der Waals surface area (Å²) in [6, 6.07) is 0. The van der Waals surface area contributed by atoms with Gasteiger partial charge in [-0.1, -0.05) is 57.9 Å². The first kappa shape index (κ1) is 33.3. The fraction of sp³-hybridized carbons (Fsp3) is 0.848. The lowest BCUT2D eigenvalue weighted by molar-refractivity contribution is -0.198. The number of ether oxygens (including phenoxy) is 5. The second-order valence-corrected chi connectivity index (χ2v) is 12.5. The van der Waals surface area contributed by atoms with Gasteiger partial charge in [-0.2, -0.15) is 0 Å². The third-order valence-corrected chi connectivity index (χ3v) is 8.80. The van der Waals surface area contributed by atoms with Crippen LogP contribution in [-0.2, 0) is 28.5 Å². The first-order valence-corrected chi connectivity index (χ1v) is 16.0. The molecule has 1 N–H and O–H groups in total. The van der Waals surface area contributed by atoms with E-state index in [4.69, 9.17) is 23.7 Å². The highest BCUT2D eigenvalue weighted by Gasteiger charge is 2.43. The van der Waals surface area contributed by atoms with Crippen molar-refractivity contribution >= 4 is 5.97 Å². The molecule has 2 heterocycles. The molecule has 0 aromatic carbocycles. The van der Waals surface area contributed by atoms with Crippen LogP contribution in [0.2, 0.25) is 0 Å². The molecule has 0 spiro atoms. The van der Waals surface area contributed by atoms with Crippen LogP contribution < -0.4 is 0 Å². The molecule has 0 bridgehead atoms. The molecule has 40 heavy (non-hydrogen) atoms. The Morgan fingerprint density at radius 3 is 2.42 bits per heavy atom. The van der Waals surface area contributed by atoms with Crippen molar-refractivity contribution in [2.45, 2.75) is 142 Å². The summed E-state index contributed by atoms with van der Waals surface area (Å²) in [7, 11) is 1.42. The normalized spacial score (nSPS) is 30.7. The highest BCUT2D eigenvalue weighted by atomic mass is 16.7. The first-order valence-electron chi connectivity index (χ1n) is 16.0. The average molecular weight is 565 g/mol. The number of hydrogen-bond donors (Lipinski definition) is 1. The van der Waals surface area contributed by atoms with Gasteiger partial charge in [0.05, 0.1) is 25.4 Å². The summed E-state index contributed by atoms with van der Waals surface area (Å²) in [4.78, 5) is 11.4. The van der Waals surface area contributed by atoms with Crippen LogP contribution in [0.1, 0.15) is 111 Å². The molecule has 3 fully saturated rings. The van der Waals surface area contributed by atoms with E-state index in [2.05, 4.69) is 45.1 Å². The van der Waals surface area contributed by atoms with E-state index < -0.39 is 6.10 Å². The summed E-state index contributed by atoms with van der Waals surface area (Å²) in [5.41, 5.74) is -0.0393. The van der Waals surface area contributed by atoms with Gasteiger partial charge in [0.15, 0.2) is 12.6 Å². The zero-order valence-electron chi connectivity index (χ0n) is 25.6. The van der Waals surface area contributed by atoms with Crippen LogP contribution >= 0.6 is 0 Å². The molecule has 3 aliphatic rings. The fourth-order valence-electron chi connectivity index (χ4n) is 6.16. The Kier molecular flexibility index (Phi) is 14.7. The van der Waals surface area contributed by atoms with Crippen LogP contribution in [0.4, 0.5) is 0 Å². The molecule has 3 rings (SSSR count). The minimum Gasteiger partial charge on any atom is -0.469 e. The fourth-order valence-corrected chi connectivity index (χ4v) is 6.16. The number of aliphatic hydroxyl groups is 1. The van der Waals surface area contributed by atoms with Gasteiger partial charge in [0.1, 0.15) is 0 Å². The van der Waals surface area contributed by atoms with E-state index in [1.807, 2.05) is 0 Å². The lowest BCUT2D eigenvalue weighted by Crippen LogP contribution is -2.37. The molecule has 1 saturated carbocycles. The summed E-state index contributed by atoms with van der Waals surface area (Å²) in [6.45, 7) is 8.32. The van der Waals surface area contributed by atoms with Crippen molar-refractivity contribution in [2.24, 2.45) is 17.3 Å². The number of hydrogen-bond acceptors (Lipinski definition) is 7. The van der Waals surface area contributed by atoms with Crippen LogP contribution in [0.15, 0.2) is 24.3 Å². The van der Waals surface area contributed by atoms with Gasteiger partial charge < -0.3 is 28.8 Å². The highest BCUT2D eigenvalue weighted by molar-refractivity contribution is 5.69. The van der Waals surface area contributed by atoms with Crippen LogP contribution in [0.5, 0.6) is 0 Å². The summed E-state index contributed by atoms with van der Waals surface area (Å²) in [5.74, 6) is -0.0698. The van der Waals surface area contributed by atoms with Crippen LogP contribution in [-0.4, -0.2) is 62.3 Å². The second-order valence-electron chi connectivity index (χ2n) is 12.5. The van der Waals surface area contributed by atoms with E-state index in [1.165, 1.54) is 7.11 Å². The third-order valence-electron chi connectivity index (χ3n) is 8.80. The molecule has 1 aliphatic carbocycles. The standard InChI is InChI=1S/C33H56O7/c1-5-6-21-33(2,3)29(40-32-18-12-14-23-38-32)20-19-26-25(15-9-7-8-10-16-30(35)36-4)27(34)24-28(26)39-31-17-11-13-22-37-31/h7,9,19-20,25-29,31-32,34H,5-6,8,10-18,21-24H2,1-4H3/t25-,26-,27+,28-,29-,31?,32?/m1/s1. The number of aliphatic hydroxyl groups excluding tert-OH is 1. The Labute approximate surface area is 243 Å². The number of methoxy groups -OCH3 is 1. The van der Waals surface area contributed by atoms with E-state index >= 15 is 0 Å². The van der Waals surface area contributed by atoms with E-state index in [-0.39, 0.29) is 48.0 Å². The van der Waals surface area contributed by atoms with Crippen molar-refractivity contribution in [1.82, 2.24) is 0 Å². The van der Waals surface area contributed by atoms with Crippen LogP contribution in [0.3, 0.4) is 0 Å². The molecule has 7 heteroatoms. The quantitative estimate of drug-likeness (QED) is 0.124. The maximum atomic E-state index is 11.4. The third kappa shape index (κ3) is 10.9. The molecule has 0 amide bonds. The predicted octanol–water partition coefficient (Wildman–Crippen LogP) is 6.87. The number of unbranched alkanes of at least 4 members (excludes halogenated alkanes) is 2. The maximum Gasteiger partial charge on any atom is 0.305 e. The molecule has 0 aromatic heterocycles. The van der Waals surface area contributed by atoms with E-state index in [1.54, 1.807) is 0 Å². The summed E-state index contributed by atoms with van der Waals surface area (Å²) in [6.07, 6.45) is 20.8. The lowest BCUT2D eigenvalue weighted by atomic mass is 9.80. The van der Waals surface area contributed by atoms with Crippen LogP contribution in [0.25, 0.3) is 0 Å². The highest BCUT2D eigenvalue weighted by Crippen LogP contribution is 2.41. The largest absolute Gasteiger partial charge is 0.469 e. The Hall–Kier alpha value is -1.25. The molecule has 0 radical (unpaired) electrons. The zero-order chi connectivity index (χ0) is 28.8. The van der Waals surface area contributed by atoms with Gasteiger partial charge >= 0.3 is 5.97 Å². The second kappa shape index (κ2) is 17.6. The number of allylic oxidation sites excluding steroid dienone is 2. The molecule has 0 aromatic rings. The van der Waals surface area contributed by atoms with Crippen molar-refractivity contribution in [1.29, 1.82) is 0 Å². The van der Waals surface area contributed by atoms with Gasteiger partial charge in [0.2, 0.25) is 0 Å². The molecule has 7 atom stereocenters. The Bertz CT molecular complexity index is 767. The lowest BCUT2D eigenvalue weighted by Gasteiger charge is -2.36. The molecule has 2 unspecified atom stereocenters. The van der Waals surface area contributed by atoms with E-state index in [0.29, 0.717) is 12.8 Å². The summed E-state index contributed by atoms with van der Waals surface area (Å²) >= 11 is 0. The van der Waals surface area contributed by atoms with E-state index in [9.17, 15) is 9.90 Å². The molecule has 2 aliphatic heterocycles. The van der Waals surface area contributed by atoms with Crippen molar-refractivity contribution in [3.8, 4) is 0 Å². The van der Waals surface area contributed by atoms with Gasteiger partial charge in [0.25, 0.3) is 0 Å². The molecule has 2 saturated heterocycles. The average Bonchev–Trinajstić information content (AvgIpc) is 3.25. The van der Waals surface area contributed by atoms with Gasteiger partial charge in [0, 0.05) is 32.0 Å². The molecular formula is C33H56O7. The monoisotopic (exact) mass is 564 g/mol. The van der Waals surface area contributed by atoms with Crippen molar-refractivity contribution < 1.29 is 33.6 Å². The minimum atomic E-state index is -0.447.